The van der Waals surface area contributed by atoms with E-state index in [-0.39, 0.29) is 6.04 Å². The maximum absolute atomic E-state index is 11.5. The van der Waals surface area contributed by atoms with Crippen LogP contribution in [0.1, 0.15) is 90.9 Å². The SMILES string of the molecule is CCCCCCCCCCCCCC(C(C)=O)N(C)C. The Kier molecular flexibility index (Phi) is 13.4. The number of Topliss-reactive ketones (excluding diaryl/α,β-unsaturated/α-hetero) is 1. The first-order valence-corrected chi connectivity index (χ1v) is 8.76. The fourth-order valence-corrected chi connectivity index (χ4v) is 2.83. The van der Waals surface area contributed by atoms with Gasteiger partial charge in [-0.25, -0.2) is 0 Å². The van der Waals surface area contributed by atoms with Crippen LogP contribution in [-0.4, -0.2) is 30.8 Å². The molecule has 0 saturated carbocycles. The maximum Gasteiger partial charge on any atom is 0.146 e. The van der Waals surface area contributed by atoms with Crippen LogP contribution >= 0.6 is 0 Å². The van der Waals surface area contributed by atoms with Gasteiger partial charge in [0.25, 0.3) is 0 Å². The highest BCUT2D eigenvalue weighted by molar-refractivity contribution is 5.81. The fourth-order valence-electron chi connectivity index (χ4n) is 2.83. The van der Waals surface area contributed by atoms with Crippen molar-refractivity contribution in [2.45, 2.75) is 96.9 Å². The molecule has 0 saturated heterocycles. The molecule has 2 heteroatoms. The third kappa shape index (κ3) is 11.5. The zero-order valence-electron chi connectivity index (χ0n) is 14.4. The van der Waals surface area contributed by atoms with Crippen LogP contribution in [-0.2, 0) is 4.79 Å². The Bertz CT molecular complexity index is 225. The molecule has 0 rings (SSSR count). The lowest BCUT2D eigenvalue weighted by atomic mass is 10.0. The Labute approximate surface area is 127 Å². The van der Waals surface area contributed by atoms with Gasteiger partial charge in [-0.05, 0) is 27.4 Å². The summed E-state index contributed by atoms with van der Waals surface area (Å²) in [7, 11) is 4.01. The average molecular weight is 284 g/mol. The summed E-state index contributed by atoms with van der Waals surface area (Å²) in [6.07, 6.45) is 16.1. The van der Waals surface area contributed by atoms with Crippen LogP contribution in [0.2, 0.25) is 0 Å². The van der Waals surface area contributed by atoms with E-state index in [0.29, 0.717) is 5.78 Å². The molecule has 20 heavy (non-hydrogen) atoms. The number of hydrogen-bond acceptors (Lipinski definition) is 2. The molecule has 0 aliphatic heterocycles. The van der Waals surface area contributed by atoms with Crippen molar-refractivity contribution in [3.8, 4) is 0 Å². The molecule has 0 aromatic carbocycles. The highest BCUT2D eigenvalue weighted by Gasteiger charge is 2.15. The smallest absolute Gasteiger partial charge is 0.146 e. The molecular formula is C18H37NO. The third-order valence-electron chi connectivity index (χ3n) is 4.17. The van der Waals surface area contributed by atoms with Crippen LogP contribution in [0, 0.1) is 0 Å². The Morgan fingerprint density at radius 2 is 1.20 bits per heavy atom. The summed E-state index contributed by atoms with van der Waals surface area (Å²) in [5.74, 6) is 0.307. The second kappa shape index (κ2) is 13.6. The van der Waals surface area contributed by atoms with Crippen molar-refractivity contribution in [2.24, 2.45) is 0 Å². The number of nitrogens with zero attached hydrogens (tertiary/aromatic N) is 1. The van der Waals surface area contributed by atoms with Crippen molar-refractivity contribution < 1.29 is 4.79 Å². The average Bonchev–Trinajstić information content (AvgIpc) is 2.39. The van der Waals surface area contributed by atoms with Gasteiger partial charge in [0.15, 0.2) is 0 Å². The largest absolute Gasteiger partial charge is 0.300 e. The molecule has 1 atom stereocenters. The summed E-state index contributed by atoms with van der Waals surface area (Å²) in [4.78, 5) is 13.5. The van der Waals surface area contributed by atoms with E-state index in [1.807, 2.05) is 14.1 Å². The van der Waals surface area contributed by atoms with Crippen LogP contribution in [0.3, 0.4) is 0 Å². The van der Waals surface area contributed by atoms with E-state index in [1.54, 1.807) is 6.92 Å². The number of unbranched alkanes of at least 4 members (excludes halogenated alkanes) is 10. The molecule has 0 radical (unpaired) electrons. The van der Waals surface area contributed by atoms with E-state index in [0.717, 1.165) is 6.42 Å². The minimum absolute atomic E-state index is 0.133. The van der Waals surface area contributed by atoms with Gasteiger partial charge in [0.2, 0.25) is 0 Å². The van der Waals surface area contributed by atoms with Crippen LogP contribution in [0.15, 0.2) is 0 Å². The van der Waals surface area contributed by atoms with Gasteiger partial charge in [-0.2, -0.15) is 0 Å². The molecule has 0 aromatic rings. The molecule has 0 bridgehead atoms. The summed E-state index contributed by atoms with van der Waals surface area (Å²) in [6, 6.07) is 0.133. The Hall–Kier alpha value is -0.370. The number of carbonyl (C=O) groups excluding carboxylic acids is 1. The predicted octanol–water partition coefficient (Wildman–Crippen LogP) is 5.21. The first-order chi connectivity index (χ1) is 9.59. The lowest BCUT2D eigenvalue weighted by Crippen LogP contribution is -2.34. The first-order valence-electron chi connectivity index (χ1n) is 8.76. The number of ketones is 1. The summed E-state index contributed by atoms with van der Waals surface area (Å²) in [5, 5.41) is 0. The van der Waals surface area contributed by atoms with Gasteiger partial charge in [0.05, 0.1) is 6.04 Å². The molecule has 2 nitrogen and oxygen atoms in total. The van der Waals surface area contributed by atoms with Gasteiger partial charge in [-0.3, -0.25) is 9.69 Å². The maximum atomic E-state index is 11.5. The van der Waals surface area contributed by atoms with E-state index in [1.165, 1.54) is 70.6 Å². The van der Waals surface area contributed by atoms with Gasteiger partial charge < -0.3 is 0 Å². The van der Waals surface area contributed by atoms with Crippen molar-refractivity contribution in [1.82, 2.24) is 4.90 Å². The summed E-state index contributed by atoms with van der Waals surface area (Å²) in [5.41, 5.74) is 0. The van der Waals surface area contributed by atoms with Crippen molar-refractivity contribution >= 4 is 5.78 Å². The highest BCUT2D eigenvalue weighted by atomic mass is 16.1. The number of rotatable bonds is 14. The predicted molar refractivity (Wildman–Crippen MR) is 89.2 cm³/mol. The van der Waals surface area contributed by atoms with Crippen LogP contribution in [0.25, 0.3) is 0 Å². The molecule has 0 fully saturated rings. The molecule has 0 aliphatic rings. The first kappa shape index (κ1) is 19.6. The second-order valence-electron chi connectivity index (χ2n) is 6.41. The fraction of sp³-hybridized carbons (Fsp3) is 0.944. The molecule has 0 amide bonds. The van der Waals surface area contributed by atoms with Crippen molar-refractivity contribution in [1.29, 1.82) is 0 Å². The number of hydrogen-bond donors (Lipinski definition) is 0. The summed E-state index contributed by atoms with van der Waals surface area (Å²) in [6.45, 7) is 3.98. The minimum Gasteiger partial charge on any atom is -0.300 e. The van der Waals surface area contributed by atoms with Gasteiger partial charge in [0, 0.05) is 0 Å². The van der Waals surface area contributed by atoms with E-state index in [2.05, 4.69) is 11.8 Å². The monoisotopic (exact) mass is 283 g/mol. The second-order valence-corrected chi connectivity index (χ2v) is 6.41. The number of likely N-dealkylation sites (N-methyl/N-ethyl adjacent to an activating group) is 1. The molecule has 0 N–H and O–H groups in total. The zero-order chi connectivity index (χ0) is 15.2. The van der Waals surface area contributed by atoms with Gasteiger partial charge in [-0.1, -0.05) is 77.6 Å². The summed E-state index contributed by atoms with van der Waals surface area (Å²) < 4.78 is 0. The molecule has 0 heterocycles. The Morgan fingerprint density at radius 3 is 1.55 bits per heavy atom. The molecule has 1 unspecified atom stereocenters. The lowest BCUT2D eigenvalue weighted by Gasteiger charge is -2.21. The van der Waals surface area contributed by atoms with E-state index < -0.39 is 0 Å². The standard InChI is InChI=1S/C18H37NO/c1-5-6-7-8-9-10-11-12-13-14-15-16-18(17(2)20)19(3)4/h18H,5-16H2,1-4H3. The van der Waals surface area contributed by atoms with Gasteiger partial charge >= 0.3 is 0 Å². The van der Waals surface area contributed by atoms with Crippen LogP contribution in [0.5, 0.6) is 0 Å². The normalized spacial score (nSPS) is 12.8. The highest BCUT2D eigenvalue weighted by Crippen LogP contribution is 2.13. The molecule has 0 aliphatic carbocycles. The van der Waals surface area contributed by atoms with E-state index in [9.17, 15) is 4.79 Å². The lowest BCUT2D eigenvalue weighted by molar-refractivity contribution is -0.121. The zero-order valence-corrected chi connectivity index (χ0v) is 14.4. The van der Waals surface area contributed by atoms with Crippen molar-refractivity contribution in [3.05, 3.63) is 0 Å². The Balaban J connectivity index is 3.29. The van der Waals surface area contributed by atoms with Crippen molar-refractivity contribution in [3.63, 3.8) is 0 Å². The number of carbonyl (C=O) groups is 1. The summed E-state index contributed by atoms with van der Waals surface area (Å²) >= 11 is 0. The minimum atomic E-state index is 0.133. The molecule has 120 valence electrons. The Morgan fingerprint density at radius 1 is 0.800 bits per heavy atom. The van der Waals surface area contributed by atoms with Gasteiger partial charge in [-0.15, -0.1) is 0 Å². The van der Waals surface area contributed by atoms with Crippen LogP contribution < -0.4 is 0 Å². The molecule has 0 spiro atoms. The van der Waals surface area contributed by atoms with E-state index >= 15 is 0 Å². The quantitative estimate of drug-likeness (QED) is 0.408. The molecular weight excluding hydrogens is 246 g/mol. The van der Waals surface area contributed by atoms with E-state index in [4.69, 9.17) is 0 Å². The van der Waals surface area contributed by atoms with Crippen molar-refractivity contribution in [2.75, 3.05) is 14.1 Å². The third-order valence-corrected chi connectivity index (χ3v) is 4.17. The van der Waals surface area contributed by atoms with Gasteiger partial charge in [0.1, 0.15) is 5.78 Å². The molecule has 0 aromatic heterocycles. The van der Waals surface area contributed by atoms with Crippen LogP contribution in [0.4, 0.5) is 0 Å². The topological polar surface area (TPSA) is 20.3 Å².